The number of nitrogens with zero attached hydrogens (tertiary/aromatic N) is 4. The number of hydrogen-bond donors (Lipinski definition) is 1. The summed E-state index contributed by atoms with van der Waals surface area (Å²) < 4.78 is 1.75. The summed E-state index contributed by atoms with van der Waals surface area (Å²) >= 11 is 1.43. The van der Waals surface area contributed by atoms with Gasteiger partial charge in [-0.2, -0.15) is 5.10 Å². The first-order valence-electron chi connectivity index (χ1n) is 7.57. The van der Waals surface area contributed by atoms with Gasteiger partial charge >= 0.3 is 0 Å². The second-order valence-corrected chi connectivity index (χ2v) is 6.50. The molecule has 0 atom stereocenters. The molecule has 3 aromatic rings. The lowest BCUT2D eigenvalue weighted by atomic mass is 10.2. The van der Waals surface area contributed by atoms with E-state index in [9.17, 15) is 4.79 Å². The lowest BCUT2D eigenvalue weighted by Crippen LogP contribution is -2.29. The molecule has 0 radical (unpaired) electrons. The SMILES string of the molecule is CN(CC(=O)Nc1nc(-c2ccccc2)cs1)Cc1cnn(C)c1. The van der Waals surface area contributed by atoms with Gasteiger partial charge in [-0.15, -0.1) is 11.3 Å². The highest BCUT2D eigenvalue weighted by Gasteiger charge is 2.11. The normalized spacial score (nSPS) is 11.0. The van der Waals surface area contributed by atoms with Crippen LogP contribution >= 0.6 is 11.3 Å². The third kappa shape index (κ3) is 4.27. The van der Waals surface area contributed by atoms with Crippen molar-refractivity contribution in [3.63, 3.8) is 0 Å². The van der Waals surface area contributed by atoms with Crippen molar-refractivity contribution in [1.29, 1.82) is 0 Å². The van der Waals surface area contributed by atoms with E-state index >= 15 is 0 Å². The minimum absolute atomic E-state index is 0.0737. The molecule has 0 saturated heterocycles. The number of amides is 1. The molecule has 6 nitrogen and oxygen atoms in total. The van der Waals surface area contributed by atoms with Crippen molar-refractivity contribution in [2.24, 2.45) is 7.05 Å². The number of carbonyl (C=O) groups is 1. The Labute approximate surface area is 144 Å². The fourth-order valence-electron chi connectivity index (χ4n) is 2.40. The fourth-order valence-corrected chi connectivity index (χ4v) is 3.13. The van der Waals surface area contributed by atoms with Crippen molar-refractivity contribution in [3.05, 3.63) is 53.7 Å². The Morgan fingerprint density at radius 3 is 2.83 bits per heavy atom. The number of likely N-dealkylation sites (N-methyl/N-ethyl adjacent to an activating group) is 1. The number of anilines is 1. The lowest BCUT2D eigenvalue weighted by molar-refractivity contribution is -0.117. The van der Waals surface area contributed by atoms with E-state index < -0.39 is 0 Å². The molecule has 1 N–H and O–H groups in total. The minimum atomic E-state index is -0.0737. The molecule has 0 aliphatic carbocycles. The van der Waals surface area contributed by atoms with Crippen LogP contribution in [0, 0.1) is 0 Å². The van der Waals surface area contributed by atoms with Gasteiger partial charge in [0, 0.05) is 36.3 Å². The smallest absolute Gasteiger partial charge is 0.240 e. The third-order valence-corrected chi connectivity index (χ3v) is 4.20. The molecular weight excluding hydrogens is 322 g/mol. The Hall–Kier alpha value is -2.51. The molecule has 3 rings (SSSR count). The maximum Gasteiger partial charge on any atom is 0.240 e. The molecule has 0 unspecified atom stereocenters. The Morgan fingerprint density at radius 1 is 1.33 bits per heavy atom. The number of rotatable bonds is 6. The maximum absolute atomic E-state index is 12.2. The summed E-state index contributed by atoms with van der Waals surface area (Å²) in [6.45, 7) is 0.976. The average Bonchev–Trinajstić information content (AvgIpc) is 3.17. The summed E-state index contributed by atoms with van der Waals surface area (Å²) in [6, 6.07) is 9.92. The molecule has 1 amide bonds. The van der Waals surface area contributed by atoms with Crippen molar-refractivity contribution in [3.8, 4) is 11.3 Å². The van der Waals surface area contributed by atoms with Gasteiger partial charge in [-0.1, -0.05) is 30.3 Å². The Bertz CT molecular complexity index is 811. The molecule has 0 spiro atoms. The van der Waals surface area contributed by atoms with Gasteiger partial charge in [-0.3, -0.25) is 14.4 Å². The van der Waals surface area contributed by atoms with E-state index in [2.05, 4.69) is 15.4 Å². The molecule has 2 aromatic heterocycles. The predicted molar refractivity (Wildman–Crippen MR) is 95.7 cm³/mol. The zero-order valence-corrected chi connectivity index (χ0v) is 14.5. The number of benzene rings is 1. The number of carbonyl (C=O) groups excluding carboxylic acids is 1. The van der Waals surface area contributed by atoms with Crippen LogP contribution in [0.25, 0.3) is 11.3 Å². The first kappa shape index (κ1) is 16.4. The average molecular weight is 341 g/mol. The first-order valence-corrected chi connectivity index (χ1v) is 8.45. The molecule has 1 aromatic carbocycles. The lowest BCUT2D eigenvalue weighted by Gasteiger charge is -2.14. The van der Waals surface area contributed by atoms with E-state index in [0.29, 0.717) is 18.2 Å². The summed E-state index contributed by atoms with van der Waals surface area (Å²) in [4.78, 5) is 18.6. The molecule has 0 fully saturated rings. The van der Waals surface area contributed by atoms with Gasteiger partial charge in [0.25, 0.3) is 0 Å². The molecule has 124 valence electrons. The van der Waals surface area contributed by atoms with Crippen LogP contribution in [-0.2, 0) is 18.4 Å². The number of nitrogens with one attached hydrogen (secondary N) is 1. The highest BCUT2D eigenvalue weighted by molar-refractivity contribution is 7.14. The molecule has 0 aliphatic heterocycles. The van der Waals surface area contributed by atoms with Crippen LogP contribution < -0.4 is 5.32 Å². The number of hydrogen-bond acceptors (Lipinski definition) is 5. The zero-order valence-electron chi connectivity index (χ0n) is 13.6. The van der Waals surface area contributed by atoms with E-state index in [-0.39, 0.29) is 5.91 Å². The molecule has 24 heavy (non-hydrogen) atoms. The standard InChI is InChI=1S/C17H19N5OS/c1-21(9-13-8-18-22(2)10-13)11-16(23)20-17-19-15(12-24-17)14-6-4-3-5-7-14/h3-8,10,12H,9,11H2,1-2H3,(H,19,20,23). The quantitative estimate of drug-likeness (QED) is 0.749. The largest absolute Gasteiger partial charge is 0.301 e. The third-order valence-electron chi connectivity index (χ3n) is 3.44. The molecule has 0 aliphatic rings. The molecular formula is C17H19N5OS. The van der Waals surface area contributed by atoms with Gasteiger partial charge in [-0.05, 0) is 7.05 Å². The number of thiazole rings is 1. The summed E-state index contributed by atoms with van der Waals surface area (Å²) in [5.74, 6) is -0.0737. The van der Waals surface area contributed by atoms with Crippen LogP contribution in [0.3, 0.4) is 0 Å². The van der Waals surface area contributed by atoms with Gasteiger partial charge in [0.1, 0.15) is 0 Å². The van der Waals surface area contributed by atoms with E-state index in [1.165, 1.54) is 11.3 Å². The van der Waals surface area contributed by atoms with Crippen molar-refractivity contribution >= 4 is 22.4 Å². The minimum Gasteiger partial charge on any atom is -0.301 e. The summed E-state index contributed by atoms with van der Waals surface area (Å²) in [5.41, 5.74) is 3.00. The second kappa shape index (κ2) is 7.37. The summed E-state index contributed by atoms with van der Waals surface area (Å²) in [5, 5.41) is 9.56. The highest BCUT2D eigenvalue weighted by Crippen LogP contribution is 2.24. The van der Waals surface area contributed by atoms with Crippen LogP contribution in [0.15, 0.2) is 48.1 Å². The van der Waals surface area contributed by atoms with Gasteiger partial charge in [0.2, 0.25) is 5.91 Å². The number of aromatic nitrogens is 3. The van der Waals surface area contributed by atoms with Crippen LogP contribution in [0.4, 0.5) is 5.13 Å². The first-order chi connectivity index (χ1) is 11.6. The summed E-state index contributed by atoms with van der Waals surface area (Å²) in [7, 11) is 3.78. The summed E-state index contributed by atoms with van der Waals surface area (Å²) in [6.07, 6.45) is 3.75. The van der Waals surface area contributed by atoms with E-state index in [4.69, 9.17) is 0 Å². The van der Waals surface area contributed by atoms with E-state index in [1.807, 2.05) is 60.9 Å². The zero-order chi connectivity index (χ0) is 16.9. The van der Waals surface area contributed by atoms with Gasteiger partial charge in [0.15, 0.2) is 5.13 Å². The van der Waals surface area contributed by atoms with Gasteiger partial charge in [0.05, 0.1) is 18.4 Å². The van der Waals surface area contributed by atoms with Crippen LogP contribution in [0.5, 0.6) is 0 Å². The molecule has 0 bridgehead atoms. The Kier molecular flexibility index (Phi) is 5.02. The fraction of sp³-hybridized carbons (Fsp3) is 0.235. The van der Waals surface area contributed by atoms with Gasteiger partial charge < -0.3 is 5.32 Å². The van der Waals surface area contributed by atoms with E-state index in [0.717, 1.165) is 16.8 Å². The highest BCUT2D eigenvalue weighted by atomic mass is 32.1. The Balaban J connectivity index is 1.54. The maximum atomic E-state index is 12.2. The number of aryl methyl sites for hydroxylation is 1. The van der Waals surface area contributed by atoms with Crippen LogP contribution in [-0.4, -0.2) is 39.2 Å². The van der Waals surface area contributed by atoms with Crippen molar-refractivity contribution in [1.82, 2.24) is 19.7 Å². The van der Waals surface area contributed by atoms with Crippen molar-refractivity contribution < 1.29 is 4.79 Å². The van der Waals surface area contributed by atoms with Gasteiger partial charge in [-0.25, -0.2) is 4.98 Å². The van der Waals surface area contributed by atoms with E-state index in [1.54, 1.807) is 10.9 Å². The van der Waals surface area contributed by atoms with Crippen LogP contribution in [0.1, 0.15) is 5.56 Å². The second-order valence-electron chi connectivity index (χ2n) is 5.65. The van der Waals surface area contributed by atoms with Crippen LogP contribution in [0.2, 0.25) is 0 Å². The van der Waals surface area contributed by atoms with Crippen molar-refractivity contribution in [2.45, 2.75) is 6.54 Å². The van der Waals surface area contributed by atoms with Crippen molar-refractivity contribution in [2.75, 3.05) is 18.9 Å². The molecule has 7 heteroatoms. The topological polar surface area (TPSA) is 63.1 Å². The predicted octanol–water partition coefficient (Wildman–Crippen LogP) is 2.61. The monoisotopic (exact) mass is 341 g/mol. The molecule has 2 heterocycles. The molecule has 0 saturated carbocycles. The Morgan fingerprint density at radius 2 is 2.12 bits per heavy atom.